The third-order valence-corrected chi connectivity index (χ3v) is 8.52. The summed E-state index contributed by atoms with van der Waals surface area (Å²) in [6.07, 6.45) is 4.27. The van der Waals surface area contributed by atoms with Gasteiger partial charge in [0.25, 0.3) is 0 Å². The first kappa shape index (κ1) is 18.9. The van der Waals surface area contributed by atoms with E-state index in [2.05, 4.69) is 41.6 Å². The fourth-order valence-corrected chi connectivity index (χ4v) is 7.06. The third kappa shape index (κ3) is 3.16. The van der Waals surface area contributed by atoms with Gasteiger partial charge in [-0.15, -0.1) is 0 Å². The lowest BCUT2D eigenvalue weighted by atomic mass is 9.90. The lowest BCUT2D eigenvalue weighted by Gasteiger charge is -2.32. The molecule has 1 aliphatic carbocycles. The molecule has 0 aliphatic heterocycles. The van der Waals surface area contributed by atoms with Gasteiger partial charge in [-0.05, 0) is 45.9 Å². The van der Waals surface area contributed by atoms with Crippen LogP contribution in [0.15, 0.2) is 48.5 Å². The topological polar surface area (TPSA) is 34.1 Å². The summed E-state index contributed by atoms with van der Waals surface area (Å²) in [5, 5.41) is 0. The summed E-state index contributed by atoms with van der Waals surface area (Å²) in [6, 6.07) is 16.2. The van der Waals surface area contributed by atoms with Crippen molar-refractivity contribution in [3.8, 4) is 11.1 Å². The molecule has 2 aromatic carbocycles. The number of unbranched alkanes of at least 4 members (excludes halogenated alkanes) is 2. The fraction of sp³-hybridized carbons (Fsp3) is 0.429. The van der Waals surface area contributed by atoms with Crippen LogP contribution in [-0.2, 0) is 14.6 Å². The third-order valence-electron chi connectivity index (χ3n) is 5.22. The molecule has 0 unspecified atom stereocenters. The summed E-state index contributed by atoms with van der Waals surface area (Å²) >= 11 is 2.37. The van der Waals surface area contributed by atoms with E-state index in [9.17, 15) is 8.42 Å². The highest BCUT2D eigenvalue weighted by Crippen LogP contribution is 2.54. The number of sulfone groups is 1. The van der Waals surface area contributed by atoms with Gasteiger partial charge < -0.3 is 0 Å². The van der Waals surface area contributed by atoms with Crippen molar-refractivity contribution in [2.24, 2.45) is 0 Å². The minimum Gasteiger partial charge on any atom is -0.228 e. The van der Waals surface area contributed by atoms with Crippen LogP contribution < -0.4 is 0 Å². The monoisotopic (exact) mass is 468 g/mol. The zero-order chi connectivity index (χ0) is 17.9. The number of benzene rings is 2. The van der Waals surface area contributed by atoms with Gasteiger partial charge in [0.05, 0.1) is 5.75 Å². The minimum atomic E-state index is -3.29. The maximum atomic E-state index is 13.6. The van der Waals surface area contributed by atoms with Crippen LogP contribution in [-0.4, -0.2) is 18.6 Å². The van der Waals surface area contributed by atoms with Gasteiger partial charge in [0.1, 0.15) is 4.75 Å². The highest BCUT2D eigenvalue weighted by Gasteiger charge is 2.51. The van der Waals surface area contributed by atoms with Gasteiger partial charge in [-0.2, -0.15) is 0 Å². The Morgan fingerprint density at radius 1 is 0.880 bits per heavy atom. The SMILES string of the molecule is CCCCS(=O)(=O)C1(CCCCI)c2ccccc2-c2ccccc21. The number of fused-ring (bicyclic) bond motifs is 3. The molecule has 2 aromatic rings. The van der Waals surface area contributed by atoms with E-state index in [1.54, 1.807) is 0 Å². The van der Waals surface area contributed by atoms with Gasteiger partial charge in [0.15, 0.2) is 9.84 Å². The Balaban J connectivity index is 2.23. The van der Waals surface area contributed by atoms with E-state index in [-0.39, 0.29) is 5.75 Å². The van der Waals surface area contributed by atoms with E-state index in [4.69, 9.17) is 0 Å². The molecule has 0 spiro atoms. The number of halogens is 1. The minimum absolute atomic E-state index is 0.260. The molecule has 134 valence electrons. The lowest BCUT2D eigenvalue weighted by Crippen LogP contribution is -2.37. The van der Waals surface area contributed by atoms with Crippen molar-refractivity contribution in [3.63, 3.8) is 0 Å². The molecule has 25 heavy (non-hydrogen) atoms. The number of alkyl halides is 1. The zero-order valence-electron chi connectivity index (χ0n) is 14.7. The normalized spacial score (nSPS) is 15.0. The average molecular weight is 468 g/mol. The van der Waals surface area contributed by atoms with Crippen LogP contribution in [0.4, 0.5) is 0 Å². The highest BCUT2D eigenvalue weighted by molar-refractivity contribution is 14.1. The summed E-state index contributed by atoms with van der Waals surface area (Å²) in [4.78, 5) is 0. The second-order valence-electron chi connectivity index (χ2n) is 6.74. The second-order valence-corrected chi connectivity index (χ2v) is 10.2. The number of hydrogen-bond acceptors (Lipinski definition) is 2. The molecule has 0 aromatic heterocycles. The van der Waals surface area contributed by atoms with Gasteiger partial charge in [-0.3, -0.25) is 0 Å². The summed E-state index contributed by atoms with van der Waals surface area (Å²) in [5.41, 5.74) is 4.15. The molecule has 2 nitrogen and oxygen atoms in total. The van der Waals surface area contributed by atoms with E-state index in [1.165, 1.54) is 0 Å². The molecule has 1 aliphatic rings. The van der Waals surface area contributed by atoms with E-state index >= 15 is 0 Å². The quantitative estimate of drug-likeness (QED) is 0.282. The van der Waals surface area contributed by atoms with Crippen LogP contribution >= 0.6 is 22.6 Å². The Morgan fingerprint density at radius 2 is 1.44 bits per heavy atom. The molecule has 4 heteroatoms. The second kappa shape index (κ2) is 7.78. The smallest absolute Gasteiger partial charge is 0.164 e. The van der Waals surface area contributed by atoms with E-state index in [0.717, 1.165) is 52.4 Å². The van der Waals surface area contributed by atoms with E-state index < -0.39 is 14.6 Å². The van der Waals surface area contributed by atoms with Crippen LogP contribution in [0.3, 0.4) is 0 Å². The van der Waals surface area contributed by atoms with Crippen molar-refractivity contribution in [1.29, 1.82) is 0 Å². The Bertz CT molecular complexity index is 797. The van der Waals surface area contributed by atoms with E-state index in [0.29, 0.717) is 6.42 Å². The van der Waals surface area contributed by atoms with Crippen molar-refractivity contribution < 1.29 is 8.42 Å². The molecule has 0 saturated carbocycles. The van der Waals surface area contributed by atoms with Crippen molar-refractivity contribution >= 4 is 32.4 Å². The summed E-state index contributed by atoms with van der Waals surface area (Å²) < 4.78 is 27.5. The Hall–Kier alpha value is -0.880. The summed E-state index contributed by atoms with van der Waals surface area (Å²) in [5.74, 6) is 0.260. The predicted molar refractivity (Wildman–Crippen MR) is 114 cm³/mol. The van der Waals surface area contributed by atoms with Crippen LogP contribution in [0.5, 0.6) is 0 Å². The van der Waals surface area contributed by atoms with Gasteiger partial charge in [0, 0.05) is 0 Å². The average Bonchev–Trinajstić information content (AvgIpc) is 2.92. The first-order valence-corrected chi connectivity index (χ1v) is 12.2. The summed E-state index contributed by atoms with van der Waals surface area (Å²) in [7, 11) is -3.29. The molecular formula is C21H25IO2S. The van der Waals surface area contributed by atoms with Crippen molar-refractivity contribution in [3.05, 3.63) is 59.7 Å². The van der Waals surface area contributed by atoms with Gasteiger partial charge >= 0.3 is 0 Å². The van der Waals surface area contributed by atoms with E-state index in [1.807, 2.05) is 36.4 Å². The largest absolute Gasteiger partial charge is 0.228 e. The Morgan fingerprint density at radius 3 is 1.96 bits per heavy atom. The van der Waals surface area contributed by atoms with Crippen LogP contribution in [0.1, 0.15) is 50.2 Å². The van der Waals surface area contributed by atoms with Crippen molar-refractivity contribution in [2.45, 2.75) is 43.8 Å². The molecule has 0 radical (unpaired) electrons. The van der Waals surface area contributed by atoms with Crippen molar-refractivity contribution in [2.75, 3.05) is 10.2 Å². The first-order valence-electron chi connectivity index (χ1n) is 9.06. The zero-order valence-corrected chi connectivity index (χ0v) is 17.6. The molecule has 0 heterocycles. The Kier molecular flexibility index (Phi) is 5.88. The van der Waals surface area contributed by atoms with Crippen LogP contribution in [0.2, 0.25) is 0 Å². The molecule has 3 rings (SSSR count). The van der Waals surface area contributed by atoms with Gasteiger partial charge in [-0.1, -0.05) is 90.9 Å². The van der Waals surface area contributed by atoms with Gasteiger partial charge in [0.2, 0.25) is 0 Å². The molecule has 0 fully saturated rings. The maximum absolute atomic E-state index is 13.6. The fourth-order valence-electron chi connectivity index (χ4n) is 4.02. The van der Waals surface area contributed by atoms with Gasteiger partial charge in [-0.25, -0.2) is 8.42 Å². The molecule has 0 saturated heterocycles. The summed E-state index contributed by atoms with van der Waals surface area (Å²) in [6.45, 7) is 2.05. The maximum Gasteiger partial charge on any atom is 0.164 e. The van der Waals surface area contributed by atoms with Crippen LogP contribution in [0, 0.1) is 0 Å². The predicted octanol–water partition coefficient (Wildman–Crippen LogP) is 5.73. The molecule has 0 N–H and O–H groups in total. The number of rotatable bonds is 8. The molecule has 0 amide bonds. The number of hydrogen-bond donors (Lipinski definition) is 0. The molecular weight excluding hydrogens is 443 g/mol. The van der Waals surface area contributed by atoms with Crippen LogP contribution in [0.25, 0.3) is 11.1 Å². The molecule has 0 bridgehead atoms. The lowest BCUT2D eigenvalue weighted by molar-refractivity contribution is 0.525. The first-order chi connectivity index (χ1) is 12.1. The highest BCUT2D eigenvalue weighted by atomic mass is 127. The Labute approximate surface area is 165 Å². The molecule has 0 atom stereocenters. The van der Waals surface area contributed by atoms with Crippen molar-refractivity contribution in [1.82, 2.24) is 0 Å². The standard InChI is InChI=1S/C21H25IO2S/c1-2-3-16-25(23,24)21(14-8-9-15-22)19-12-6-4-10-17(19)18-11-5-7-13-20(18)21/h4-7,10-13H,2-3,8-9,14-16H2,1H3.